The van der Waals surface area contributed by atoms with Gasteiger partial charge in [-0.15, -0.1) is 11.6 Å². The van der Waals surface area contributed by atoms with Crippen LogP contribution in [0.3, 0.4) is 0 Å². The molecule has 4 fully saturated rings. The SMILES string of the molecule is CC(C)(C)OC(=O)N1CCN(c2ccccc2O)CC1.CC(C)(C)OC(=O)N1CCN(c2ccccc2OCc2ccncc2)CC1.CC(C)(C)OC(=O)OC(=O)OC(C)(C)C.ClCc1ccncc1.O=C(Nc1cc(C(F)(F)F)cc(C(F)(F)F)c1)N1CCN(c2ccccc2OCc2ccncc2)CC1.O=C=Nc1cc(C(F)(F)F)cc(C(F)(F)F)c1.Oc1ccccc1N1CCNCC1. The van der Waals surface area contributed by atoms with E-state index < -0.39 is 99.1 Å². The normalized spacial score (nSPS) is 14.2. The van der Waals surface area contributed by atoms with E-state index in [0.29, 0.717) is 107 Å². The van der Waals surface area contributed by atoms with E-state index in [2.05, 4.69) is 56.1 Å². The number of halogens is 13. The number of para-hydroxylation sites is 8. The Morgan fingerprint density at radius 2 is 0.693 bits per heavy atom. The molecule has 0 spiro atoms. The van der Waals surface area contributed by atoms with Crippen molar-refractivity contribution in [2.45, 2.75) is 149 Å². The van der Waals surface area contributed by atoms with Gasteiger partial charge in [-0.05, 0) is 221 Å². The Morgan fingerprint density at radius 3 is 1.01 bits per heavy atom. The molecule has 7 heterocycles. The molecule has 0 aliphatic carbocycles. The Morgan fingerprint density at radius 1 is 0.394 bits per heavy atom. The van der Waals surface area contributed by atoms with Gasteiger partial charge in [0.1, 0.15) is 58.6 Å². The Bertz CT molecular complexity index is 5260. The molecule has 4 aliphatic rings. The maximum Gasteiger partial charge on any atom is 0.519 e. The number of isocyanates is 1. The number of hydrogen-bond donors (Lipinski definition) is 4. The van der Waals surface area contributed by atoms with Gasteiger partial charge in [0.15, 0.2) is 0 Å². The van der Waals surface area contributed by atoms with E-state index in [-0.39, 0.29) is 43.2 Å². The monoisotopic (exact) mass is 1950 g/mol. The summed E-state index contributed by atoms with van der Waals surface area (Å²) in [5.41, 5.74) is -2.94. The lowest BCUT2D eigenvalue weighted by atomic mass is 10.1. The molecule has 742 valence electrons. The van der Waals surface area contributed by atoms with Crippen LogP contribution in [-0.2, 0) is 72.3 Å². The van der Waals surface area contributed by atoms with Gasteiger partial charge in [-0.25, -0.2) is 28.8 Å². The Balaban J connectivity index is 0.000000228. The molecule has 0 radical (unpaired) electrons. The number of phenols is 2. The summed E-state index contributed by atoms with van der Waals surface area (Å²) in [6.07, 6.45) is -11.3. The van der Waals surface area contributed by atoms with Crippen molar-refractivity contribution in [2.24, 2.45) is 4.99 Å². The minimum atomic E-state index is -5.00. The number of benzene rings is 6. The predicted octanol–water partition coefficient (Wildman–Crippen LogP) is 21.4. The number of aromatic nitrogens is 3. The molecular weight excluding hydrogens is 1840 g/mol. The Hall–Kier alpha value is -13.5. The van der Waals surface area contributed by atoms with E-state index in [0.717, 1.165) is 90.5 Å². The molecule has 4 saturated heterocycles. The van der Waals surface area contributed by atoms with Gasteiger partial charge in [-0.3, -0.25) is 15.0 Å². The molecule has 6 aromatic carbocycles. The maximum atomic E-state index is 13.1. The van der Waals surface area contributed by atoms with Crippen molar-refractivity contribution in [3.8, 4) is 23.0 Å². The van der Waals surface area contributed by atoms with E-state index in [1.54, 1.807) is 107 Å². The minimum absolute atomic E-state index is 0.0165. The van der Waals surface area contributed by atoms with E-state index in [1.165, 1.54) is 4.90 Å². The number of alkyl halides is 13. The van der Waals surface area contributed by atoms with Crippen molar-refractivity contribution >= 4 is 82.3 Å². The number of urea groups is 1. The lowest BCUT2D eigenvalue weighted by Crippen LogP contribution is -2.50. The highest BCUT2D eigenvalue weighted by Gasteiger charge is 2.40. The van der Waals surface area contributed by atoms with Gasteiger partial charge in [0.25, 0.3) is 0 Å². The second kappa shape index (κ2) is 50.9. The zero-order valence-corrected chi connectivity index (χ0v) is 78.4. The zero-order valence-electron chi connectivity index (χ0n) is 77.6. The highest BCUT2D eigenvalue weighted by atomic mass is 35.5. The number of nitrogens with one attached hydrogen (secondary N) is 2. The number of piperazine rings is 4. The summed E-state index contributed by atoms with van der Waals surface area (Å²) in [6, 6.07) is 42.3. The number of ether oxygens (including phenoxy) is 7. The molecule has 4 aliphatic heterocycles. The molecule has 0 saturated carbocycles. The second-order valence-electron chi connectivity index (χ2n) is 34.5. The lowest BCUT2D eigenvalue weighted by Gasteiger charge is -2.37. The smallest absolute Gasteiger partial charge is 0.506 e. The quantitative estimate of drug-likeness (QED) is 0.0158. The number of rotatable bonds is 13. The third kappa shape index (κ3) is 39.8. The predicted molar refractivity (Wildman–Crippen MR) is 492 cm³/mol. The van der Waals surface area contributed by atoms with Crippen molar-refractivity contribution in [3.05, 3.63) is 246 Å². The molecule has 4 N–H and O–H groups in total. The lowest BCUT2D eigenvalue weighted by molar-refractivity contribution is -0.144. The molecule has 41 heteroatoms. The fourth-order valence-electron chi connectivity index (χ4n) is 12.8. The van der Waals surface area contributed by atoms with E-state index in [9.17, 15) is 91.7 Å². The number of aliphatic imine (C=N–C) groups is 1. The summed E-state index contributed by atoms with van der Waals surface area (Å²) in [6.45, 7) is 32.6. The molecule has 0 bridgehead atoms. The highest BCUT2D eigenvalue weighted by molar-refractivity contribution is 6.17. The number of phenolic OH excluding ortho intramolecular Hbond substituents is 2. The summed E-state index contributed by atoms with van der Waals surface area (Å²) < 4.78 is 189. The van der Waals surface area contributed by atoms with Crippen molar-refractivity contribution in [1.82, 2.24) is 35.0 Å². The summed E-state index contributed by atoms with van der Waals surface area (Å²) in [5.74, 6) is 2.71. The van der Waals surface area contributed by atoms with Crippen LogP contribution in [0, 0.1) is 0 Å². The van der Waals surface area contributed by atoms with Gasteiger partial charge in [-0.2, -0.15) is 57.7 Å². The number of anilines is 5. The largest absolute Gasteiger partial charge is 0.519 e. The zero-order chi connectivity index (χ0) is 101. The number of carbonyl (C=O) groups excluding carboxylic acids is 6. The Kier molecular flexibility index (Phi) is 41.1. The third-order valence-corrected chi connectivity index (χ3v) is 19.4. The molecule has 9 aromatic rings. The number of nitrogens with zero attached hydrogens (tertiary/aromatic N) is 11. The minimum Gasteiger partial charge on any atom is -0.506 e. The first kappa shape index (κ1) is 111. The van der Waals surface area contributed by atoms with Gasteiger partial charge in [0, 0.05) is 153 Å². The van der Waals surface area contributed by atoms with E-state index in [4.69, 9.17) is 40.0 Å². The summed E-state index contributed by atoms with van der Waals surface area (Å²) >= 11 is 5.50. The second-order valence-corrected chi connectivity index (χ2v) is 34.8. The van der Waals surface area contributed by atoms with Crippen LogP contribution in [0.15, 0.2) is 212 Å². The first-order valence-corrected chi connectivity index (χ1v) is 43.5. The van der Waals surface area contributed by atoms with Crippen LogP contribution in [0.25, 0.3) is 0 Å². The van der Waals surface area contributed by atoms with E-state index >= 15 is 0 Å². The molecule has 28 nitrogen and oxygen atoms in total. The standard InChI is InChI=1S/C25H22F6N4O2.C21H27N3O3.C15H22N2O3.C10H14N2O.C10H18O5.C9H3F6NO.C6H6ClN/c26-24(27,28)18-13-19(25(29,30)31)15-20(14-18)33-23(36)35-11-9-34(10-12-35)21-3-1-2-4-22(21)37-16-17-5-7-32-8-6-17;1-21(2,3)27-20(25)24-14-12-23(13-15-24)18-6-4-5-7-19(18)26-16-17-8-10-22-11-9-17;1-15(2,3)20-14(19)17-10-8-16(9-11-17)12-6-4-5-7-13(12)18;13-10-4-2-1-3-9(10)12-7-5-11-6-8-12;1-9(2,3)14-7(11)13-8(12)15-10(4,5)6;10-8(11,12)5-1-6(9(13,14)15)3-7(2-5)16-4-17;7-5-6-1-3-8-4-2-6/h1-8,13-15H,9-12,16H2,(H,33,36);4-11H,12-16H2,1-3H3;4-7,18H,8-11H2,1-3H3;1-4,11,13H,5-8H2;1-6H3;1-3H;1-4H,5H2. The maximum absolute atomic E-state index is 13.1. The number of amides is 4. The summed E-state index contributed by atoms with van der Waals surface area (Å²) in [4.78, 5) is 96.6. The van der Waals surface area contributed by atoms with Crippen LogP contribution in [0.5, 0.6) is 23.0 Å². The van der Waals surface area contributed by atoms with Crippen LogP contribution in [0.4, 0.5) is 111 Å². The summed E-state index contributed by atoms with van der Waals surface area (Å²) in [7, 11) is 0. The fraction of sp³-hybridized carbons (Fsp3) is 0.406. The van der Waals surface area contributed by atoms with Gasteiger partial charge in [0.2, 0.25) is 6.08 Å². The van der Waals surface area contributed by atoms with Crippen molar-refractivity contribution < 1.29 is 125 Å². The molecule has 0 unspecified atom stereocenters. The van der Waals surface area contributed by atoms with Crippen LogP contribution in [-0.4, -0.2) is 204 Å². The number of pyridine rings is 3. The average molecular weight is 1950 g/mol. The van der Waals surface area contributed by atoms with Crippen LogP contribution >= 0.6 is 11.6 Å². The highest BCUT2D eigenvalue weighted by Crippen LogP contribution is 2.41. The van der Waals surface area contributed by atoms with Crippen LogP contribution in [0.2, 0.25) is 0 Å². The van der Waals surface area contributed by atoms with E-state index in [1.807, 2.05) is 156 Å². The number of hydrogen-bond acceptors (Lipinski definition) is 24. The van der Waals surface area contributed by atoms with Gasteiger partial charge in [-0.1, -0.05) is 48.5 Å². The van der Waals surface area contributed by atoms with Crippen molar-refractivity contribution in [3.63, 3.8) is 0 Å². The third-order valence-electron chi connectivity index (χ3n) is 19.1. The van der Waals surface area contributed by atoms with Gasteiger partial charge < -0.3 is 88.3 Å². The topological polar surface area (TPSA) is 305 Å². The Labute approximate surface area is 791 Å². The van der Waals surface area contributed by atoms with Crippen molar-refractivity contribution in [1.29, 1.82) is 0 Å². The van der Waals surface area contributed by atoms with Crippen LogP contribution < -0.4 is 39.7 Å². The first-order chi connectivity index (χ1) is 64.2. The van der Waals surface area contributed by atoms with Crippen LogP contribution in [0.1, 0.15) is 122 Å². The number of aromatic hydroxyl groups is 2. The molecule has 13 rings (SSSR count). The molecule has 0 atom stereocenters. The molecule has 137 heavy (non-hydrogen) atoms. The van der Waals surface area contributed by atoms with Crippen molar-refractivity contribution in [2.75, 3.05) is 130 Å². The van der Waals surface area contributed by atoms with Gasteiger partial charge in [0.05, 0.1) is 50.7 Å². The fourth-order valence-corrected chi connectivity index (χ4v) is 12.9. The molecule has 3 aromatic heterocycles. The summed E-state index contributed by atoms with van der Waals surface area (Å²) in [5, 5.41) is 24.9. The molecular formula is C96H112ClF12N13O15. The number of carbonyl (C=O) groups is 5. The first-order valence-electron chi connectivity index (χ1n) is 43.0. The van der Waals surface area contributed by atoms with Gasteiger partial charge >= 0.3 is 55.2 Å². The molecule has 4 amide bonds. The average Bonchev–Trinajstić information content (AvgIpc) is 0.843.